The molecule has 264 valence electrons. The smallest absolute Gasteiger partial charge is 0.328 e. The number of nitrogens with two attached hydrogens (primary N) is 4. The monoisotopic (exact) mass is 666 g/mol. The number of aliphatic hydroxyl groups is 1. The van der Waals surface area contributed by atoms with Crippen LogP contribution in [0.25, 0.3) is 0 Å². The minimum absolute atomic E-state index is 0.0794. The van der Waals surface area contributed by atoms with Crippen LogP contribution in [-0.4, -0.2) is 124 Å². The maximum atomic E-state index is 13.9. The van der Waals surface area contributed by atoms with E-state index in [0.29, 0.717) is 38.5 Å². The van der Waals surface area contributed by atoms with Gasteiger partial charge in [-0.2, -0.15) is 0 Å². The third-order valence-corrected chi connectivity index (χ3v) is 8.37. The molecule has 7 atom stereocenters. The summed E-state index contributed by atoms with van der Waals surface area (Å²) < 4.78 is 0. The molecule has 2 fully saturated rings. The molecule has 2 aliphatic rings. The van der Waals surface area contributed by atoms with Crippen LogP contribution < -0.4 is 38.9 Å². The zero-order valence-corrected chi connectivity index (χ0v) is 27.2. The normalized spacial score (nSPS) is 21.4. The largest absolute Gasteiger partial charge is 0.480 e. The first-order valence-corrected chi connectivity index (χ1v) is 15.7. The van der Waals surface area contributed by atoms with Gasteiger partial charge in [-0.3, -0.25) is 29.0 Å². The lowest BCUT2D eigenvalue weighted by Crippen LogP contribution is -2.63. The number of aliphatic carboxylic acids is 1. The van der Waals surface area contributed by atoms with Crippen molar-refractivity contribution >= 4 is 41.5 Å². The number of rotatable bonds is 15. The van der Waals surface area contributed by atoms with Crippen molar-refractivity contribution in [2.45, 2.75) is 95.5 Å². The number of nitrogens with zero attached hydrogens (tertiary/aromatic N) is 3. The quantitative estimate of drug-likeness (QED) is 0.0465. The summed E-state index contributed by atoms with van der Waals surface area (Å²) in [5.41, 5.74) is 22.8. The van der Waals surface area contributed by atoms with Crippen LogP contribution in [0, 0.1) is 5.92 Å². The van der Waals surface area contributed by atoms with Crippen LogP contribution in [0.5, 0.6) is 0 Å². The number of carboxylic acid groups (broad SMARTS) is 1. The van der Waals surface area contributed by atoms with E-state index in [-0.39, 0.29) is 37.2 Å². The second kappa shape index (κ2) is 18.2. The molecule has 2 saturated heterocycles. The van der Waals surface area contributed by atoms with Crippen molar-refractivity contribution in [2.24, 2.45) is 33.8 Å². The predicted octanol–water partition coefficient (Wildman–Crippen LogP) is -3.60. The van der Waals surface area contributed by atoms with Crippen LogP contribution in [0.2, 0.25) is 0 Å². The second-order valence-corrected chi connectivity index (χ2v) is 11.9. The molecule has 2 heterocycles. The number of piperidine rings is 1. The molecule has 0 aromatic rings. The van der Waals surface area contributed by atoms with Gasteiger partial charge < -0.3 is 58.9 Å². The van der Waals surface area contributed by atoms with Crippen molar-refractivity contribution in [2.75, 3.05) is 26.2 Å². The van der Waals surface area contributed by atoms with Gasteiger partial charge in [0.15, 0.2) is 12.0 Å². The van der Waals surface area contributed by atoms with Crippen LogP contribution in [0.4, 0.5) is 0 Å². The lowest BCUT2D eigenvalue weighted by atomic mass is 9.96. The molecule has 0 bridgehead atoms. The Labute approximate surface area is 273 Å². The van der Waals surface area contributed by atoms with Crippen LogP contribution in [0.3, 0.4) is 0 Å². The first-order valence-electron chi connectivity index (χ1n) is 15.7. The highest BCUT2D eigenvalue weighted by atomic mass is 16.4. The summed E-state index contributed by atoms with van der Waals surface area (Å²) in [5.74, 6) is -5.03. The standard InChI is InChI=1S/C29H50N10O8/c1-4-17(23(41)36-18(14-40)28(46)47)35-24(42)19-9-7-13-38(19)26(44)20-8-5-6-12-39(20)27(45)22(16(3)30)37-25(43)21(31)15(2)10-11-34-29(32)33/h4,15-16,18-22,40H,5-14,30-31H2,1-3H3,(H,35,42)(H,36,41)(H,37,43)(H,46,47)(H4,32,33,34)/b17-4+. The maximum Gasteiger partial charge on any atom is 0.328 e. The molecular weight excluding hydrogens is 616 g/mol. The Bertz CT molecular complexity index is 1220. The van der Waals surface area contributed by atoms with Gasteiger partial charge in [-0.05, 0) is 58.3 Å². The number of likely N-dealkylation sites (tertiary alicyclic amines) is 2. The fourth-order valence-electron chi connectivity index (χ4n) is 5.53. The fourth-order valence-corrected chi connectivity index (χ4v) is 5.53. The van der Waals surface area contributed by atoms with Crippen LogP contribution >= 0.6 is 0 Å². The predicted molar refractivity (Wildman–Crippen MR) is 171 cm³/mol. The Morgan fingerprint density at radius 2 is 1.60 bits per heavy atom. The maximum absolute atomic E-state index is 13.9. The molecule has 13 N–H and O–H groups in total. The number of aliphatic imine (C=N–C) groups is 1. The Morgan fingerprint density at radius 3 is 2.17 bits per heavy atom. The molecule has 7 unspecified atom stereocenters. The number of hydrogen-bond acceptors (Lipinski definition) is 10. The van der Waals surface area contributed by atoms with Gasteiger partial charge in [0.1, 0.15) is 23.8 Å². The van der Waals surface area contributed by atoms with Gasteiger partial charge in [0.2, 0.25) is 23.6 Å². The third kappa shape index (κ3) is 10.6. The molecule has 18 heteroatoms. The average molecular weight is 667 g/mol. The molecule has 5 amide bonds. The first-order chi connectivity index (χ1) is 22.1. The minimum Gasteiger partial charge on any atom is -0.480 e. The van der Waals surface area contributed by atoms with E-state index in [9.17, 15) is 33.9 Å². The molecule has 47 heavy (non-hydrogen) atoms. The second-order valence-electron chi connectivity index (χ2n) is 11.9. The lowest BCUT2D eigenvalue weighted by molar-refractivity contribution is -0.151. The number of carbonyl (C=O) groups excluding carboxylic acids is 5. The third-order valence-electron chi connectivity index (χ3n) is 8.37. The van der Waals surface area contributed by atoms with Gasteiger partial charge in [0, 0.05) is 25.7 Å². The van der Waals surface area contributed by atoms with E-state index in [2.05, 4.69) is 20.9 Å². The molecular formula is C29H50N10O8. The molecule has 2 rings (SSSR count). The Kier molecular flexibility index (Phi) is 15.0. The molecule has 0 spiro atoms. The van der Waals surface area contributed by atoms with Gasteiger partial charge in [0.25, 0.3) is 5.91 Å². The van der Waals surface area contributed by atoms with Crippen LogP contribution in [0.15, 0.2) is 16.8 Å². The average Bonchev–Trinajstić information content (AvgIpc) is 3.53. The van der Waals surface area contributed by atoms with E-state index in [0.717, 1.165) is 0 Å². The van der Waals surface area contributed by atoms with Crippen LogP contribution in [-0.2, 0) is 28.8 Å². The summed E-state index contributed by atoms with van der Waals surface area (Å²) in [5, 5.41) is 25.6. The highest BCUT2D eigenvalue weighted by Gasteiger charge is 2.43. The van der Waals surface area contributed by atoms with Crippen molar-refractivity contribution in [1.29, 1.82) is 0 Å². The number of carboxylic acids is 1. The summed E-state index contributed by atoms with van der Waals surface area (Å²) in [6.07, 6.45) is 4.07. The molecule has 0 saturated carbocycles. The van der Waals surface area contributed by atoms with Gasteiger partial charge in [-0.15, -0.1) is 0 Å². The number of nitrogens with one attached hydrogen (secondary N) is 3. The van der Waals surface area contributed by atoms with Crippen molar-refractivity contribution in [1.82, 2.24) is 25.8 Å². The highest BCUT2D eigenvalue weighted by molar-refractivity contribution is 6.01. The van der Waals surface area contributed by atoms with Gasteiger partial charge in [-0.25, -0.2) is 4.79 Å². The summed E-state index contributed by atoms with van der Waals surface area (Å²) >= 11 is 0. The Hall–Kier alpha value is -4.29. The zero-order chi connectivity index (χ0) is 35.4. The minimum atomic E-state index is -1.58. The van der Waals surface area contributed by atoms with E-state index in [4.69, 9.17) is 28.0 Å². The number of hydrogen-bond donors (Lipinski definition) is 9. The van der Waals surface area contributed by atoms with Crippen molar-refractivity contribution in [3.8, 4) is 0 Å². The lowest BCUT2D eigenvalue weighted by Gasteiger charge is -2.40. The molecule has 0 radical (unpaired) electrons. The summed E-state index contributed by atoms with van der Waals surface area (Å²) in [6, 6.07) is -6.43. The topological polar surface area (TPSA) is 302 Å². The molecule has 0 aromatic heterocycles. The van der Waals surface area contributed by atoms with E-state index in [1.165, 1.54) is 22.8 Å². The van der Waals surface area contributed by atoms with Gasteiger partial charge >= 0.3 is 5.97 Å². The SMILES string of the molecule is C/C=C(/NC(=O)C1CCCN1C(=O)C1CCCCN1C(=O)C(NC(=O)C(N)C(C)CCN=C(N)N)C(C)N)C(=O)NC(CO)C(=O)O. The number of allylic oxidation sites excluding steroid dienone is 1. The van der Waals surface area contributed by atoms with Gasteiger partial charge in [0.05, 0.1) is 12.6 Å². The molecule has 0 aliphatic carbocycles. The highest BCUT2D eigenvalue weighted by Crippen LogP contribution is 2.26. The van der Waals surface area contributed by atoms with Crippen molar-refractivity contribution in [3.63, 3.8) is 0 Å². The van der Waals surface area contributed by atoms with E-state index >= 15 is 0 Å². The number of carbonyl (C=O) groups is 6. The van der Waals surface area contributed by atoms with Gasteiger partial charge in [-0.1, -0.05) is 13.0 Å². The number of guanidine groups is 1. The van der Waals surface area contributed by atoms with Crippen molar-refractivity contribution < 1.29 is 39.0 Å². The summed E-state index contributed by atoms with van der Waals surface area (Å²) in [7, 11) is 0. The van der Waals surface area contributed by atoms with E-state index in [1.807, 2.05) is 0 Å². The van der Waals surface area contributed by atoms with Crippen LogP contribution in [0.1, 0.15) is 59.3 Å². The Balaban J connectivity index is 2.17. The number of amides is 5. The van der Waals surface area contributed by atoms with E-state index < -0.39 is 78.4 Å². The first kappa shape index (κ1) is 38.9. The molecule has 18 nitrogen and oxygen atoms in total. The fraction of sp³-hybridized carbons (Fsp3) is 0.690. The Morgan fingerprint density at radius 1 is 0.957 bits per heavy atom. The number of aliphatic hydroxyl groups excluding tert-OH is 1. The summed E-state index contributed by atoms with van der Waals surface area (Å²) in [4.78, 5) is 84.6. The molecule has 0 aromatic carbocycles. The zero-order valence-electron chi connectivity index (χ0n) is 27.2. The van der Waals surface area contributed by atoms with Crippen molar-refractivity contribution in [3.05, 3.63) is 11.8 Å². The van der Waals surface area contributed by atoms with E-state index in [1.54, 1.807) is 13.8 Å². The summed E-state index contributed by atoms with van der Waals surface area (Å²) in [6.45, 7) is 4.66. The molecule has 2 aliphatic heterocycles.